The van der Waals surface area contributed by atoms with Crippen LogP contribution in [0.3, 0.4) is 0 Å². The predicted molar refractivity (Wildman–Crippen MR) is 131 cm³/mol. The summed E-state index contributed by atoms with van der Waals surface area (Å²) in [4.78, 5) is 21.0. The van der Waals surface area contributed by atoms with Crippen LogP contribution in [0, 0.1) is 11.8 Å². The highest BCUT2D eigenvalue weighted by atomic mass is 32.1. The quantitative estimate of drug-likeness (QED) is 0.530. The molecule has 178 valence electrons. The lowest BCUT2D eigenvalue weighted by atomic mass is 9.83. The second-order valence-electron chi connectivity index (χ2n) is 8.86. The Kier molecular flexibility index (Phi) is 6.80. The number of thiazole rings is 1. The molecule has 0 spiro atoms. The summed E-state index contributed by atoms with van der Waals surface area (Å²) in [5.74, 6) is 3.26. The Balaban J connectivity index is 1.16. The summed E-state index contributed by atoms with van der Waals surface area (Å²) in [6.45, 7) is 2.40. The first kappa shape index (κ1) is 22.8. The number of nitrogens with zero attached hydrogens (tertiary/aromatic N) is 3. The number of likely N-dealkylation sites (tertiary alicyclic amines) is 1. The van der Waals surface area contributed by atoms with Gasteiger partial charge in [-0.05, 0) is 73.2 Å². The molecule has 34 heavy (non-hydrogen) atoms. The van der Waals surface area contributed by atoms with Gasteiger partial charge in [-0.3, -0.25) is 9.69 Å². The fourth-order valence-corrected chi connectivity index (χ4v) is 5.58. The topological polar surface area (TPSA) is 75.1 Å². The second-order valence-corrected chi connectivity index (χ2v) is 9.78. The van der Waals surface area contributed by atoms with E-state index in [2.05, 4.69) is 9.88 Å². The zero-order valence-corrected chi connectivity index (χ0v) is 20.0. The van der Waals surface area contributed by atoms with Crippen LogP contribution in [0.5, 0.6) is 17.2 Å². The Morgan fingerprint density at radius 3 is 2.26 bits per heavy atom. The number of ether oxygens (including phenoxy) is 2. The normalized spacial score (nSPS) is 20.5. The molecule has 1 amide bonds. The molecule has 2 saturated heterocycles. The molecule has 5 rings (SSSR count). The van der Waals surface area contributed by atoms with Crippen molar-refractivity contribution in [2.75, 3.05) is 31.6 Å². The van der Waals surface area contributed by atoms with E-state index < -0.39 is 6.23 Å². The van der Waals surface area contributed by atoms with Crippen LogP contribution in [0.1, 0.15) is 30.5 Å². The van der Waals surface area contributed by atoms with E-state index in [4.69, 9.17) is 9.47 Å². The van der Waals surface area contributed by atoms with E-state index in [1.165, 1.54) is 11.3 Å². The minimum Gasteiger partial charge on any atom is -0.497 e. The van der Waals surface area contributed by atoms with E-state index in [-0.39, 0.29) is 5.91 Å². The van der Waals surface area contributed by atoms with Crippen molar-refractivity contribution in [3.05, 3.63) is 65.1 Å². The molecule has 8 heteroatoms. The van der Waals surface area contributed by atoms with Gasteiger partial charge in [-0.2, -0.15) is 0 Å². The van der Waals surface area contributed by atoms with Crippen LogP contribution >= 0.6 is 11.3 Å². The molecule has 2 aliphatic heterocycles. The number of aromatic nitrogens is 1. The van der Waals surface area contributed by atoms with Gasteiger partial charge in [0.2, 0.25) is 5.91 Å². The fraction of sp³-hybridized carbons (Fsp3) is 0.385. The van der Waals surface area contributed by atoms with Gasteiger partial charge in [0, 0.05) is 43.3 Å². The van der Waals surface area contributed by atoms with Gasteiger partial charge in [0.05, 0.1) is 7.11 Å². The highest BCUT2D eigenvalue weighted by Crippen LogP contribution is 2.37. The van der Waals surface area contributed by atoms with E-state index in [9.17, 15) is 9.90 Å². The number of carbonyl (C=O) groups excluding carboxylic acids is 1. The molecule has 2 aromatic carbocycles. The Morgan fingerprint density at radius 2 is 1.65 bits per heavy atom. The van der Waals surface area contributed by atoms with Gasteiger partial charge in [0.1, 0.15) is 22.3 Å². The van der Waals surface area contributed by atoms with Crippen LogP contribution in [0.25, 0.3) is 0 Å². The zero-order chi connectivity index (χ0) is 23.5. The molecule has 2 atom stereocenters. The van der Waals surface area contributed by atoms with Crippen molar-refractivity contribution >= 4 is 22.9 Å². The number of piperidine rings is 1. The number of hydrogen-bond donors (Lipinski definition) is 1. The Hall–Kier alpha value is -2.94. The van der Waals surface area contributed by atoms with Crippen LogP contribution in [-0.2, 0) is 4.79 Å². The van der Waals surface area contributed by atoms with Crippen molar-refractivity contribution in [1.82, 2.24) is 9.88 Å². The molecular formula is C26H29N3O4S. The molecule has 1 aromatic heterocycles. The third-order valence-corrected chi connectivity index (χ3v) is 7.67. The predicted octanol–water partition coefficient (Wildman–Crippen LogP) is 4.70. The number of rotatable bonds is 7. The van der Waals surface area contributed by atoms with Crippen LogP contribution < -0.4 is 14.4 Å². The summed E-state index contributed by atoms with van der Waals surface area (Å²) in [6.07, 6.45) is 3.67. The minimum absolute atomic E-state index is 0.180. The van der Waals surface area contributed by atoms with E-state index in [1.54, 1.807) is 13.3 Å². The smallest absolute Gasteiger partial charge is 0.227 e. The second kappa shape index (κ2) is 10.1. The molecule has 2 fully saturated rings. The van der Waals surface area contributed by atoms with Crippen LogP contribution in [0.15, 0.2) is 60.1 Å². The Morgan fingerprint density at radius 1 is 1.00 bits per heavy atom. The fourth-order valence-electron chi connectivity index (χ4n) is 4.93. The first-order valence-corrected chi connectivity index (χ1v) is 12.5. The highest BCUT2D eigenvalue weighted by Gasteiger charge is 2.37. The molecule has 0 saturated carbocycles. The number of aliphatic hydroxyl groups excluding tert-OH is 1. The van der Waals surface area contributed by atoms with E-state index in [0.29, 0.717) is 18.3 Å². The van der Waals surface area contributed by atoms with Gasteiger partial charge in [0.15, 0.2) is 6.23 Å². The lowest BCUT2D eigenvalue weighted by Gasteiger charge is -2.36. The van der Waals surface area contributed by atoms with Crippen molar-refractivity contribution in [3.63, 3.8) is 0 Å². The van der Waals surface area contributed by atoms with Crippen LogP contribution in [-0.4, -0.2) is 47.6 Å². The Bertz CT molecular complexity index is 1080. The van der Waals surface area contributed by atoms with Crippen molar-refractivity contribution in [3.8, 4) is 17.2 Å². The lowest BCUT2D eigenvalue weighted by molar-refractivity contribution is -0.117. The molecule has 7 nitrogen and oxygen atoms in total. The molecule has 1 N–H and O–H groups in total. The number of amides is 1. The maximum Gasteiger partial charge on any atom is 0.227 e. The van der Waals surface area contributed by atoms with Gasteiger partial charge in [-0.15, -0.1) is 11.3 Å². The van der Waals surface area contributed by atoms with Gasteiger partial charge >= 0.3 is 0 Å². The summed E-state index contributed by atoms with van der Waals surface area (Å²) in [5.41, 5.74) is 0.909. The first-order chi connectivity index (χ1) is 16.6. The van der Waals surface area contributed by atoms with Crippen molar-refractivity contribution in [2.45, 2.75) is 25.5 Å². The van der Waals surface area contributed by atoms with E-state index in [1.807, 2.05) is 58.8 Å². The first-order valence-electron chi connectivity index (χ1n) is 11.6. The van der Waals surface area contributed by atoms with Crippen LogP contribution in [0.4, 0.5) is 5.69 Å². The molecule has 0 bridgehead atoms. The van der Waals surface area contributed by atoms with E-state index >= 15 is 0 Å². The van der Waals surface area contributed by atoms with Crippen molar-refractivity contribution in [1.29, 1.82) is 0 Å². The lowest BCUT2D eigenvalue weighted by Crippen LogP contribution is -2.39. The van der Waals surface area contributed by atoms with Crippen molar-refractivity contribution < 1.29 is 19.4 Å². The number of carbonyl (C=O) groups is 1. The highest BCUT2D eigenvalue weighted by molar-refractivity contribution is 7.09. The summed E-state index contributed by atoms with van der Waals surface area (Å²) >= 11 is 1.48. The number of aliphatic hydroxyl groups is 1. The summed E-state index contributed by atoms with van der Waals surface area (Å²) in [6, 6.07) is 15.1. The maximum atomic E-state index is 12.8. The molecule has 3 heterocycles. The molecule has 2 unspecified atom stereocenters. The summed E-state index contributed by atoms with van der Waals surface area (Å²) in [7, 11) is 1.64. The molecule has 0 radical (unpaired) electrons. The number of methoxy groups -OCH3 is 1. The SMILES string of the molecule is COc1ccc(Oc2ccc(N3CC(C4CCN(C(O)c5nccs5)CC4)CC3=O)cc2)cc1. The molecule has 0 aliphatic carbocycles. The third-order valence-electron chi connectivity index (χ3n) is 6.86. The largest absolute Gasteiger partial charge is 0.497 e. The van der Waals surface area contributed by atoms with Gasteiger partial charge < -0.3 is 19.5 Å². The molecule has 3 aromatic rings. The van der Waals surface area contributed by atoms with Crippen molar-refractivity contribution in [2.24, 2.45) is 11.8 Å². The van der Waals surface area contributed by atoms with Gasteiger partial charge in [-0.1, -0.05) is 0 Å². The molecular weight excluding hydrogens is 450 g/mol. The average Bonchev–Trinajstić information content (AvgIpc) is 3.55. The zero-order valence-electron chi connectivity index (χ0n) is 19.2. The van der Waals surface area contributed by atoms with Gasteiger partial charge in [-0.25, -0.2) is 4.98 Å². The maximum absolute atomic E-state index is 12.8. The standard InChI is InChI=1S/C26H29N3O4S/c1-32-21-6-8-23(9-7-21)33-22-4-2-20(3-5-22)29-17-19(16-24(29)30)18-10-13-28(14-11-18)26(31)25-27-12-15-34-25/h2-9,12,15,18-19,26,31H,10-11,13-14,16-17H2,1H3. The third kappa shape index (κ3) is 4.94. The number of hydrogen-bond acceptors (Lipinski definition) is 7. The van der Waals surface area contributed by atoms with Crippen LogP contribution in [0.2, 0.25) is 0 Å². The Labute approximate surface area is 203 Å². The number of benzene rings is 2. The number of anilines is 1. The summed E-state index contributed by atoms with van der Waals surface area (Å²) < 4.78 is 11.1. The summed E-state index contributed by atoms with van der Waals surface area (Å²) in [5, 5.41) is 13.2. The minimum atomic E-state index is -0.624. The van der Waals surface area contributed by atoms with E-state index in [0.717, 1.165) is 60.4 Å². The van der Waals surface area contributed by atoms with Gasteiger partial charge in [0.25, 0.3) is 0 Å². The molecule has 2 aliphatic rings. The average molecular weight is 480 g/mol. The monoisotopic (exact) mass is 479 g/mol.